The van der Waals surface area contributed by atoms with Crippen LogP contribution in [0.25, 0.3) is 5.69 Å². The Morgan fingerprint density at radius 3 is 2.44 bits per heavy atom. The smallest absolute Gasteiger partial charge is 0.324 e. The third kappa shape index (κ3) is 8.39. The second-order valence-corrected chi connectivity index (χ2v) is 13.6. The van der Waals surface area contributed by atoms with Crippen molar-refractivity contribution in [1.29, 1.82) is 0 Å². The Balaban J connectivity index is 1.55. The van der Waals surface area contributed by atoms with E-state index in [1.165, 1.54) is 22.9 Å². The molecule has 0 aliphatic heterocycles. The lowest BCUT2D eigenvalue weighted by Crippen LogP contribution is -2.22. The number of urea groups is 1. The fourth-order valence-corrected chi connectivity index (χ4v) is 5.51. The third-order valence-corrected chi connectivity index (χ3v) is 8.25. The maximum Gasteiger partial charge on any atom is 0.324 e. The van der Waals surface area contributed by atoms with Crippen molar-refractivity contribution in [1.82, 2.24) is 19.7 Å². The highest BCUT2D eigenvalue weighted by atomic mass is 32.2. The molecule has 0 fully saturated rings. The Kier molecular flexibility index (Phi) is 9.51. The third-order valence-electron chi connectivity index (χ3n) is 6.45. The van der Waals surface area contributed by atoms with Crippen molar-refractivity contribution in [2.75, 3.05) is 37.0 Å². The minimum atomic E-state index is -3.54. The number of pyridine rings is 1. The predicted octanol–water partition coefficient (Wildman–Crippen LogP) is 6.17. The zero-order valence-electron chi connectivity index (χ0n) is 25.2. The number of amides is 2. The van der Waals surface area contributed by atoms with Gasteiger partial charge in [-0.1, -0.05) is 26.8 Å². The van der Waals surface area contributed by atoms with Gasteiger partial charge in [0.15, 0.2) is 9.84 Å². The highest BCUT2D eigenvalue weighted by molar-refractivity contribution is 7.91. The molecule has 0 saturated carbocycles. The van der Waals surface area contributed by atoms with Crippen LogP contribution in [0.4, 0.5) is 20.7 Å². The maximum absolute atomic E-state index is 14.9. The first-order chi connectivity index (χ1) is 20.2. The molecule has 2 N–H and O–H groups in total. The molecule has 228 valence electrons. The van der Waals surface area contributed by atoms with Gasteiger partial charge in [0.1, 0.15) is 23.1 Å². The number of anilines is 2. The molecule has 0 saturated heterocycles. The van der Waals surface area contributed by atoms with Crippen LogP contribution in [0.5, 0.6) is 11.5 Å². The number of rotatable bonds is 10. The van der Waals surface area contributed by atoms with Crippen LogP contribution >= 0.6 is 0 Å². The van der Waals surface area contributed by atoms with E-state index in [9.17, 15) is 17.6 Å². The number of nitrogens with one attached hydrogen (secondary N) is 2. The SMILES string of the molecule is Cc1cc(Oc2ccc(NC(=O)Nc3cc(C(C)(C)C)nn3-c3cccc(S(=O)(=O)CCCN(C)C)c3)c(F)c2)ccn1. The summed E-state index contributed by atoms with van der Waals surface area (Å²) in [5.41, 5.74) is 1.46. The molecule has 0 unspecified atom stereocenters. The van der Waals surface area contributed by atoms with E-state index in [1.54, 1.807) is 48.7 Å². The summed E-state index contributed by atoms with van der Waals surface area (Å²) < 4.78 is 48.1. The minimum Gasteiger partial charge on any atom is -0.457 e. The van der Waals surface area contributed by atoms with Crippen LogP contribution in [-0.4, -0.2) is 60.5 Å². The van der Waals surface area contributed by atoms with Crippen molar-refractivity contribution in [2.45, 2.75) is 44.4 Å². The minimum absolute atomic E-state index is 0.00604. The Hall–Kier alpha value is -4.29. The molecule has 2 amide bonds. The number of aromatic nitrogens is 3. The van der Waals surface area contributed by atoms with Crippen LogP contribution in [0.15, 0.2) is 71.8 Å². The molecule has 2 aromatic heterocycles. The summed E-state index contributed by atoms with van der Waals surface area (Å²) in [6.45, 7) is 8.39. The number of sulfone groups is 1. The molecule has 0 aliphatic rings. The summed E-state index contributed by atoms with van der Waals surface area (Å²) in [5.74, 6) is 0.385. The van der Waals surface area contributed by atoms with Gasteiger partial charge >= 0.3 is 6.03 Å². The number of nitrogens with zero attached hydrogens (tertiary/aromatic N) is 4. The lowest BCUT2D eigenvalue weighted by molar-refractivity contribution is 0.262. The monoisotopic (exact) mass is 608 g/mol. The first kappa shape index (κ1) is 31.6. The molecule has 0 spiro atoms. The molecule has 12 heteroatoms. The summed E-state index contributed by atoms with van der Waals surface area (Å²) in [4.78, 5) is 19.2. The number of halogens is 1. The molecule has 43 heavy (non-hydrogen) atoms. The fourth-order valence-electron chi connectivity index (χ4n) is 4.18. The number of ether oxygens (including phenoxy) is 1. The Bertz CT molecular complexity index is 1710. The van der Waals surface area contributed by atoms with Crippen LogP contribution in [0.3, 0.4) is 0 Å². The van der Waals surface area contributed by atoms with Crippen LogP contribution in [0, 0.1) is 12.7 Å². The lowest BCUT2D eigenvalue weighted by Gasteiger charge is -2.14. The molecule has 0 bridgehead atoms. The first-order valence-corrected chi connectivity index (χ1v) is 15.4. The van der Waals surface area contributed by atoms with Crippen LogP contribution in [0.1, 0.15) is 38.6 Å². The summed E-state index contributed by atoms with van der Waals surface area (Å²) in [5, 5.41) is 9.93. The first-order valence-electron chi connectivity index (χ1n) is 13.8. The molecule has 0 atom stereocenters. The summed E-state index contributed by atoms with van der Waals surface area (Å²) in [6.07, 6.45) is 2.09. The van der Waals surface area contributed by atoms with Gasteiger partial charge in [0.2, 0.25) is 0 Å². The molecule has 0 aliphatic carbocycles. The van der Waals surface area contributed by atoms with E-state index in [1.807, 2.05) is 46.7 Å². The van der Waals surface area contributed by atoms with Gasteiger partial charge in [0.25, 0.3) is 0 Å². The second-order valence-electron chi connectivity index (χ2n) is 11.5. The maximum atomic E-state index is 14.9. The normalized spacial score (nSPS) is 11.9. The average molecular weight is 609 g/mol. The highest BCUT2D eigenvalue weighted by Crippen LogP contribution is 2.29. The topological polar surface area (TPSA) is 118 Å². The molecule has 4 rings (SSSR count). The van der Waals surface area contributed by atoms with E-state index in [0.29, 0.717) is 30.1 Å². The highest BCUT2D eigenvalue weighted by Gasteiger charge is 2.23. The van der Waals surface area contributed by atoms with Crippen molar-refractivity contribution in [3.63, 3.8) is 0 Å². The number of hydrogen-bond acceptors (Lipinski definition) is 7. The van der Waals surface area contributed by atoms with Gasteiger partial charge in [-0.05, 0) is 70.4 Å². The Labute approximate surface area is 251 Å². The number of aryl methyl sites for hydroxylation is 1. The number of benzene rings is 2. The van der Waals surface area contributed by atoms with Crippen LogP contribution in [-0.2, 0) is 15.3 Å². The van der Waals surface area contributed by atoms with Gasteiger partial charge < -0.3 is 15.0 Å². The van der Waals surface area contributed by atoms with E-state index in [2.05, 4.69) is 20.7 Å². The van der Waals surface area contributed by atoms with Crippen molar-refractivity contribution in [2.24, 2.45) is 0 Å². The van der Waals surface area contributed by atoms with E-state index < -0.39 is 21.7 Å². The van der Waals surface area contributed by atoms with Gasteiger partial charge in [-0.15, -0.1) is 0 Å². The zero-order valence-corrected chi connectivity index (χ0v) is 26.0. The number of carbonyl (C=O) groups is 1. The fraction of sp³-hybridized carbons (Fsp3) is 0.323. The van der Waals surface area contributed by atoms with Gasteiger partial charge in [-0.3, -0.25) is 10.3 Å². The van der Waals surface area contributed by atoms with Crippen LogP contribution in [0.2, 0.25) is 0 Å². The van der Waals surface area contributed by atoms with Crippen molar-refractivity contribution >= 4 is 27.4 Å². The quantitative estimate of drug-likeness (QED) is 0.221. The second kappa shape index (κ2) is 12.9. The van der Waals surface area contributed by atoms with Crippen molar-refractivity contribution in [3.8, 4) is 17.2 Å². The molecular weight excluding hydrogens is 571 g/mol. The van der Waals surface area contributed by atoms with Gasteiger partial charge in [-0.2, -0.15) is 5.10 Å². The van der Waals surface area contributed by atoms with E-state index in [0.717, 1.165) is 5.69 Å². The Morgan fingerprint density at radius 2 is 1.77 bits per heavy atom. The van der Waals surface area contributed by atoms with Gasteiger partial charge in [0, 0.05) is 35.5 Å². The van der Waals surface area contributed by atoms with E-state index >= 15 is 0 Å². The van der Waals surface area contributed by atoms with Crippen molar-refractivity contribution in [3.05, 3.63) is 84.1 Å². The zero-order chi connectivity index (χ0) is 31.4. The summed E-state index contributed by atoms with van der Waals surface area (Å²) >= 11 is 0. The predicted molar refractivity (Wildman–Crippen MR) is 166 cm³/mol. The molecule has 2 heterocycles. The number of hydrogen-bond donors (Lipinski definition) is 2. The molecule has 0 radical (unpaired) electrons. The lowest BCUT2D eigenvalue weighted by atomic mass is 9.92. The number of carbonyl (C=O) groups excluding carboxylic acids is 1. The van der Waals surface area contributed by atoms with Crippen molar-refractivity contribution < 1.29 is 22.3 Å². The molecule has 10 nitrogen and oxygen atoms in total. The molecule has 4 aromatic rings. The Morgan fingerprint density at radius 1 is 1.02 bits per heavy atom. The largest absolute Gasteiger partial charge is 0.457 e. The van der Waals surface area contributed by atoms with E-state index in [4.69, 9.17) is 4.74 Å². The van der Waals surface area contributed by atoms with E-state index in [-0.39, 0.29) is 33.3 Å². The average Bonchev–Trinajstić information content (AvgIpc) is 3.34. The molecule has 2 aromatic carbocycles. The summed E-state index contributed by atoms with van der Waals surface area (Å²) in [7, 11) is 0.250. The molecular formula is C31H37FN6O4S. The summed E-state index contributed by atoms with van der Waals surface area (Å²) in [6, 6.07) is 15.0. The van der Waals surface area contributed by atoms with Gasteiger partial charge in [0.05, 0.1) is 27.7 Å². The van der Waals surface area contributed by atoms with Crippen LogP contribution < -0.4 is 15.4 Å². The standard InChI is InChI=1S/C31H37FN6O4S/c1-21-17-24(13-14-33-21)42-23-11-12-27(26(32)19-23)34-30(39)35-29-20-28(31(2,3)4)36-38(29)22-9-7-10-25(18-22)43(40,41)16-8-15-37(5)6/h7,9-14,17-20H,8,15-16H2,1-6H3,(H2,34,35,39). The van der Waals surface area contributed by atoms with Gasteiger partial charge in [-0.25, -0.2) is 22.3 Å².